The highest BCUT2D eigenvalue weighted by atomic mass is 16.1. The van der Waals surface area contributed by atoms with E-state index in [1.165, 1.54) is 0 Å². The first-order valence-corrected chi connectivity index (χ1v) is 7.17. The molecule has 1 aromatic heterocycles. The van der Waals surface area contributed by atoms with E-state index in [1.54, 1.807) is 18.5 Å². The van der Waals surface area contributed by atoms with E-state index in [4.69, 9.17) is 0 Å². The van der Waals surface area contributed by atoms with Crippen molar-refractivity contribution in [1.82, 2.24) is 4.98 Å². The molecule has 110 valence electrons. The van der Waals surface area contributed by atoms with Gasteiger partial charge in [0.1, 0.15) is 0 Å². The van der Waals surface area contributed by atoms with Crippen molar-refractivity contribution in [3.8, 4) is 0 Å². The first-order valence-electron chi connectivity index (χ1n) is 7.17. The number of hydrogen-bond donors (Lipinski definition) is 2. The van der Waals surface area contributed by atoms with Crippen LogP contribution in [0.3, 0.4) is 0 Å². The summed E-state index contributed by atoms with van der Waals surface area (Å²) in [4.78, 5) is 16.5. The summed E-state index contributed by atoms with van der Waals surface area (Å²) >= 11 is 0. The number of amides is 1. The van der Waals surface area contributed by atoms with E-state index in [2.05, 4.69) is 28.6 Å². The summed E-state index contributed by atoms with van der Waals surface area (Å²) in [5, 5.41) is 6.18. The second kappa shape index (κ2) is 6.88. The van der Waals surface area contributed by atoms with Gasteiger partial charge in [0.2, 0.25) is 0 Å². The van der Waals surface area contributed by atoms with Crippen molar-refractivity contribution in [3.63, 3.8) is 0 Å². The van der Waals surface area contributed by atoms with Gasteiger partial charge in [0, 0.05) is 18.4 Å². The van der Waals surface area contributed by atoms with Crippen LogP contribution in [0.15, 0.2) is 36.7 Å². The van der Waals surface area contributed by atoms with Crippen LogP contribution in [-0.4, -0.2) is 17.4 Å². The molecule has 0 saturated carbocycles. The van der Waals surface area contributed by atoms with Crippen molar-refractivity contribution >= 4 is 17.3 Å². The number of aromatic nitrogens is 1. The molecular formula is C17H21N3O. The van der Waals surface area contributed by atoms with Crippen LogP contribution >= 0.6 is 0 Å². The van der Waals surface area contributed by atoms with Crippen molar-refractivity contribution in [2.45, 2.75) is 27.2 Å². The van der Waals surface area contributed by atoms with Gasteiger partial charge in [-0.3, -0.25) is 9.78 Å². The Bertz CT molecular complexity index is 617. The van der Waals surface area contributed by atoms with Gasteiger partial charge in [-0.15, -0.1) is 0 Å². The molecule has 2 N–H and O–H groups in total. The predicted octanol–water partition coefficient (Wildman–Crippen LogP) is 3.77. The summed E-state index contributed by atoms with van der Waals surface area (Å²) in [5.74, 6) is -0.124. The van der Waals surface area contributed by atoms with Crippen LogP contribution < -0.4 is 10.6 Å². The maximum atomic E-state index is 12.4. The third-order valence-electron chi connectivity index (χ3n) is 3.11. The fourth-order valence-electron chi connectivity index (χ4n) is 2.24. The topological polar surface area (TPSA) is 54.0 Å². The average Bonchev–Trinajstić information content (AvgIpc) is 2.44. The molecule has 0 fully saturated rings. The number of anilines is 2. The largest absolute Gasteiger partial charge is 0.383 e. The highest BCUT2D eigenvalue weighted by molar-refractivity contribution is 6.07. The van der Waals surface area contributed by atoms with Crippen molar-refractivity contribution in [2.24, 2.45) is 0 Å². The number of nitrogens with zero attached hydrogens (tertiary/aromatic N) is 1. The summed E-state index contributed by atoms with van der Waals surface area (Å²) in [6.07, 6.45) is 4.31. The average molecular weight is 283 g/mol. The molecule has 4 heteroatoms. The van der Waals surface area contributed by atoms with Gasteiger partial charge >= 0.3 is 0 Å². The lowest BCUT2D eigenvalue weighted by Gasteiger charge is -2.12. The molecule has 0 saturated heterocycles. The Hall–Kier alpha value is -2.36. The van der Waals surface area contributed by atoms with E-state index in [1.807, 2.05) is 26.0 Å². The number of rotatable bonds is 5. The lowest BCUT2D eigenvalue weighted by atomic mass is 10.1. The second-order valence-corrected chi connectivity index (χ2v) is 5.18. The van der Waals surface area contributed by atoms with Crippen LogP contribution in [0.4, 0.5) is 11.4 Å². The zero-order valence-electron chi connectivity index (χ0n) is 12.7. The molecule has 0 spiro atoms. The van der Waals surface area contributed by atoms with Crippen LogP contribution in [0, 0.1) is 13.8 Å². The van der Waals surface area contributed by atoms with Crippen molar-refractivity contribution in [2.75, 3.05) is 17.2 Å². The lowest BCUT2D eigenvalue weighted by molar-refractivity contribution is 0.102. The Kier molecular flexibility index (Phi) is 4.93. The molecule has 0 unspecified atom stereocenters. The van der Waals surface area contributed by atoms with Crippen molar-refractivity contribution in [3.05, 3.63) is 53.3 Å². The molecule has 2 rings (SSSR count). The molecule has 21 heavy (non-hydrogen) atoms. The molecule has 0 atom stereocenters. The van der Waals surface area contributed by atoms with Gasteiger partial charge in [-0.25, -0.2) is 0 Å². The first-order chi connectivity index (χ1) is 10.1. The van der Waals surface area contributed by atoms with E-state index in [-0.39, 0.29) is 5.91 Å². The normalized spacial score (nSPS) is 10.2. The Balaban J connectivity index is 2.20. The van der Waals surface area contributed by atoms with E-state index in [0.29, 0.717) is 5.56 Å². The minimum atomic E-state index is -0.124. The number of hydrogen-bond acceptors (Lipinski definition) is 3. The van der Waals surface area contributed by atoms with E-state index >= 15 is 0 Å². The zero-order chi connectivity index (χ0) is 15.2. The van der Waals surface area contributed by atoms with E-state index in [9.17, 15) is 4.79 Å². The summed E-state index contributed by atoms with van der Waals surface area (Å²) in [7, 11) is 0. The minimum absolute atomic E-state index is 0.124. The maximum absolute atomic E-state index is 12.4. The fraction of sp³-hybridized carbons (Fsp3) is 0.294. The van der Waals surface area contributed by atoms with Gasteiger partial charge in [0.25, 0.3) is 5.91 Å². The van der Waals surface area contributed by atoms with Gasteiger partial charge in [0.15, 0.2) is 0 Å². The SMILES string of the molecule is CCCNc1cnccc1C(=O)Nc1cc(C)cc(C)c1. The van der Waals surface area contributed by atoms with Gasteiger partial charge in [-0.2, -0.15) is 0 Å². The van der Waals surface area contributed by atoms with Crippen LogP contribution in [0.1, 0.15) is 34.8 Å². The van der Waals surface area contributed by atoms with Gasteiger partial charge in [-0.05, 0) is 49.6 Å². The third kappa shape index (κ3) is 4.05. The number of pyridine rings is 1. The summed E-state index contributed by atoms with van der Waals surface area (Å²) in [6, 6.07) is 7.74. The quantitative estimate of drug-likeness (QED) is 0.878. The van der Waals surface area contributed by atoms with Crippen molar-refractivity contribution < 1.29 is 4.79 Å². The molecule has 0 aliphatic rings. The molecule has 1 aromatic carbocycles. The first kappa shape index (κ1) is 15.0. The molecule has 0 bridgehead atoms. The molecule has 1 heterocycles. The summed E-state index contributed by atoms with van der Waals surface area (Å²) in [5.41, 5.74) is 4.45. The fourth-order valence-corrected chi connectivity index (χ4v) is 2.24. The number of benzene rings is 1. The van der Waals surface area contributed by atoms with Gasteiger partial charge in [0.05, 0.1) is 17.4 Å². The molecule has 0 aliphatic carbocycles. The number of carbonyl (C=O) groups excluding carboxylic acids is 1. The molecule has 4 nitrogen and oxygen atoms in total. The smallest absolute Gasteiger partial charge is 0.257 e. The highest BCUT2D eigenvalue weighted by Gasteiger charge is 2.11. The molecule has 0 radical (unpaired) electrons. The third-order valence-corrected chi connectivity index (χ3v) is 3.11. The van der Waals surface area contributed by atoms with Crippen molar-refractivity contribution in [1.29, 1.82) is 0 Å². The van der Waals surface area contributed by atoms with E-state index < -0.39 is 0 Å². The number of carbonyl (C=O) groups is 1. The summed E-state index contributed by atoms with van der Waals surface area (Å²) < 4.78 is 0. The maximum Gasteiger partial charge on any atom is 0.257 e. The van der Waals surface area contributed by atoms with Gasteiger partial charge < -0.3 is 10.6 Å². The van der Waals surface area contributed by atoms with Crippen LogP contribution in [0.5, 0.6) is 0 Å². The number of aryl methyl sites for hydroxylation is 2. The standard InChI is InChI=1S/C17H21N3O/c1-4-6-19-16-11-18-7-5-15(16)17(21)20-14-9-12(2)8-13(3)10-14/h5,7-11,19H,4,6H2,1-3H3,(H,20,21). The Morgan fingerprint density at radius 1 is 1.19 bits per heavy atom. The highest BCUT2D eigenvalue weighted by Crippen LogP contribution is 2.18. The molecular weight excluding hydrogens is 262 g/mol. The Morgan fingerprint density at radius 3 is 2.57 bits per heavy atom. The Labute approximate surface area is 125 Å². The minimum Gasteiger partial charge on any atom is -0.383 e. The zero-order valence-corrected chi connectivity index (χ0v) is 12.7. The molecule has 0 aliphatic heterocycles. The van der Waals surface area contributed by atoms with Crippen LogP contribution in [0.25, 0.3) is 0 Å². The van der Waals surface area contributed by atoms with Crippen LogP contribution in [0.2, 0.25) is 0 Å². The van der Waals surface area contributed by atoms with Gasteiger partial charge in [-0.1, -0.05) is 13.0 Å². The summed E-state index contributed by atoms with van der Waals surface area (Å²) in [6.45, 7) is 6.93. The Morgan fingerprint density at radius 2 is 1.90 bits per heavy atom. The number of nitrogens with one attached hydrogen (secondary N) is 2. The van der Waals surface area contributed by atoms with E-state index in [0.717, 1.165) is 35.5 Å². The van der Waals surface area contributed by atoms with Crippen LogP contribution in [-0.2, 0) is 0 Å². The lowest BCUT2D eigenvalue weighted by Crippen LogP contribution is -2.15. The predicted molar refractivity (Wildman–Crippen MR) is 86.9 cm³/mol. The second-order valence-electron chi connectivity index (χ2n) is 5.18. The molecule has 2 aromatic rings. The monoisotopic (exact) mass is 283 g/mol. The molecule has 1 amide bonds.